The van der Waals surface area contributed by atoms with Gasteiger partial charge in [0.2, 0.25) is 0 Å². The van der Waals surface area contributed by atoms with Gasteiger partial charge >= 0.3 is 0 Å². The monoisotopic (exact) mass is 291 g/mol. The summed E-state index contributed by atoms with van der Waals surface area (Å²) in [6.07, 6.45) is 9.84. The Balaban J connectivity index is 1.66. The molecule has 2 unspecified atom stereocenters. The summed E-state index contributed by atoms with van der Waals surface area (Å²) in [5.74, 6) is 1.71. The Labute approximate surface area is 128 Å². The van der Waals surface area contributed by atoms with Gasteiger partial charge in [0.05, 0.1) is 0 Å². The van der Waals surface area contributed by atoms with Gasteiger partial charge in [-0.2, -0.15) is 0 Å². The zero-order valence-corrected chi connectivity index (χ0v) is 13.2. The normalized spacial score (nSPS) is 23.5. The lowest BCUT2D eigenvalue weighted by atomic mass is 9.84. The highest BCUT2D eigenvalue weighted by molar-refractivity contribution is 6.30. The average Bonchev–Trinajstić information content (AvgIpc) is 3.31. The predicted molar refractivity (Wildman–Crippen MR) is 86.1 cm³/mol. The fourth-order valence-electron chi connectivity index (χ4n) is 3.66. The van der Waals surface area contributed by atoms with E-state index < -0.39 is 0 Å². The molecule has 0 bridgehead atoms. The van der Waals surface area contributed by atoms with Crippen LogP contribution >= 0.6 is 11.6 Å². The minimum Gasteiger partial charge on any atom is -0.307 e. The van der Waals surface area contributed by atoms with Crippen molar-refractivity contribution in [3.8, 4) is 0 Å². The number of hydrogen-bond donors (Lipinski definition) is 1. The van der Waals surface area contributed by atoms with E-state index in [1.54, 1.807) is 0 Å². The summed E-state index contributed by atoms with van der Waals surface area (Å²) in [5, 5.41) is 4.78. The molecule has 2 aliphatic carbocycles. The van der Waals surface area contributed by atoms with Gasteiger partial charge in [-0.3, -0.25) is 0 Å². The van der Waals surface area contributed by atoms with Gasteiger partial charge in [0, 0.05) is 17.1 Å². The second-order valence-electron chi connectivity index (χ2n) is 6.72. The SMILES string of the molecule is CC(NC(c1ccc(Cl)cc1)C1CC1)C1CCCCC1. The Morgan fingerprint density at radius 3 is 2.20 bits per heavy atom. The van der Waals surface area contributed by atoms with Gasteiger partial charge in [0.25, 0.3) is 0 Å². The molecule has 2 atom stereocenters. The Bertz CT molecular complexity index is 418. The van der Waals surface area contributed by atoms with Crippen molar-refractivity contribution in [3.05, 3.63) is 34.9 Å². The van der Waals surface area contributed by atoms with E-state index in [4.69, 9.17) is 11.6 Å². The summed E-state index contributed by atoms with van der Waals surface area (Å²) >= 11 is 6.02. The second-order valence-corrected chi connectivity index (χ2v) is 7.16. The van der Waals surface area contributed by atoms with E-state index in [0.29, 0.717) is 12.1 Å². The minimum absolute atomic E-state index is 0.532. The third kappa shape index (κ3) is 3.56. The first-order chi connectivity index (χ1) is 9.74. The van der Waals surface area contributed by atoms with Gasteiger partial charge in [0.1, 0.15) is 0 Å². The first kappa shape index (κ1) is 14.4. The molecule has 0 aliphatic heterocycles. The van der Waals surface area contributed by atoms with Crippen LogP contribution in [0.3, 0.4) is 0 Å². The van der Waals surface area contributed by atoms with Gasteiger partial charge in [-0.05, 0) is 62.1 Å². The summed E-state index contributed by atoms with van der Waals surface area (Å²) in [6, 6.07) is 9.62. The van der Waals surface area contributed by atoms with Crippen molar-refractivity contribution < 1.29 is 0 Å². The highest BCUT2D eigenvalue weighted by Gasteiger charge is 2.34. The topological polar surface area (TPSA) is 12.0 Å². The molecule has 2 aliphatic rings. The third-order valence-corrected chi connectivity index (χ3v) is 5.37. The molecule has 110 valence electrons. The summed E-state index contributed by atoms with van der Waals surface area (Å²) in [7, 11) is 0. The van der Waals surface area contributed by atoms with Crippen molar-refractivity contribution in [3.63, 3.8) is 0 Å². The molecule has 1 N–H and O–H groups in total. The highest BCUT2D eigenvalue weighted by atomic mass is 35.5. The zero-order valence-electron chi connectivity index (χ0n) is 12.4. The van der Waals surface area contributed by atoms with Crippen LogP contribution in [0.5, 0.6) is 0 Å². The standard InChI is InChI=1S/C18H26ClN/c1-13(14-5-3-2-4-6-14)20-18(15-7-8-15)16-9-11-17(19)12-10-16/h9-15,18,20H,2-8H2,1H3. The lowest BCUT2D eigenvalue weighted by Gasteiger charge is -2.32. The van der Waals surface area contributed by atoms with Gasteiger partial charge < -0.3 is 5.32 Å². The van der Waals surface area contributed by atoms with Crippen LogP contribution in [0.2, 0.25) is 5.02 Å². The van der Waals surface area contributed by atoms with Crippen LogP contribution < -0.4 is 5.32 Å². The zero-order chi connectivity index (χ0) is 13.9. The van der Waals surface area contributed by atoms with E-state index in [0.717, 1.165) is 16.9 Å². The van der Waals surface area contributed by atoms with E-state index >= 15 is 0 Å². The molecule has 20 heavy (non-hydrogen) atoms. The summed E-state index contributed by atoms with van der Waals surface area (Å²) in [5.41, 5.74) is 1.42. The van der Waals surface area contributed by atoms with Crippen molar-refractivity contribution in [1.82, 2.24) is 5.32 Å². The Morgan fingerprint density at radius 1 is 0.950 bits per heavy atom. The van der Waals surface area contributed by atoms with Crippen molar-refractivity contribution in [2.24, 2.45) is 11.8 Å². The molecule has 3 rings (SSSR count). The molecule has 0 spiro atoms. The number of benzene rings is 1. The molecule has 0 aromatic heterocycles. The quantitative estimate of drug-likeness (QED) is 0.771. The van der Waals surface area contributed by atoms with Crippen molar-refractivity contribution in [2.75, 3.05) is 0 Å². The molecule has 1 aromatic rings. The van der Waals surface area contributed by atoms with Gasteiger partial charge in [-0.15, -0.1) is 0 Å². The van der Waals surface area contributed by atoms with Crippen LogP contribution in [0, 0.1) is 11.8 Å². The maximum Gasteiger partial charge on any atom is 0.0406 e. The van der Waals surface area contributed by atoms with Crippen LogP contribution in [0.25, 0.3) is 0 Å². The average molecular weight is 292 g/mol. The van der Waals surface area contributed by atoms with Crippen molar-refractivity contribution in [1.29, 1.82) is 0 Å². The lowest BCUT2D eigenvalue weighted by molar-refractivity contribution is 0.257. The molecule has 2 fully saturated rings. The van der Waals surface area contributed by atoms with Crippen LogP contribution in [0.4, 0.5) is 0 Å². The second kappa shape index (κ2) is 6.49. The van der Waals surface area contributed by atoms with Crippen LogP contribution in [-0.2, 0) is 0 Å². The number of nitrogens with one attached hydrogen (secondary N) is 1. The van der Waals surface area contributed by atoms with Gasteiger partial charge in [-0.1, -0.05) is 43.0 Å². The molecule has 2 heteroatoms. The van der Waals surface area contributed by atoms with Crippen molar-refractivity contribution in [2.45, 2.75) is 64.0 Å². The fraction of sp³-hybridized carbons (Fsp3) is 0.667. The molecule has 1 aromatic carbocycles. The summed E-state index contributed by atoms with van der Waals surface area (Å²) < 4.78 is 0. The van der Waals surface area contributed by atoms with Crippen LogP contribution in [0.15, 0.2) is 24.3 Å². The molecule has 0 radical (unpaired) electrons. The first-order valence-corrected chi connectivity index (χ1v) is 8.63. The van der Waals surface area contributed by atoms with E-state index in [-0.39, 0.29) is 0 Å². The molecular weight excluding hydrogens is 266 g/mol. The van der Waals surface area contributed by atoms with E-state index in [1.807, 2.05) is 12.1 Å². The summed E-state index contributed by atoms with van der Waals surface area (Å²) in [6.45, 7) is 2.39. The molecule has 0 heterocycles. The number of hydrogen-bond acceptors (Lipinski definition) is 1. The highest BCUT2D eigenvalue weighted by Crippen LogP contribution is 2.42. The number of halogens is 1. The maximum atomic E-state index is 6.02. The molecular formula is C18H26ClN. The minimum atomic E-state index is 0.532. The summed E-state index contributed by atoms with van der Waals surface area (Å²) in [4.78, 5) is 0. The molecule has 0 saturated heterocycles. The fourth-order valence-corrected chi connectivity index (χ4v) is 3.78. The Kier molecular flexibility index (Phi) is 4.68. The van der Waals surface area contributed by atoms with Gasteiger partial charge in [-0.25, -0.2) is 0 Å². The van der Waals surface area contributed by atoms with E-state index in [2.05, 4.69) is 24.4 Å². The van der Waals surface area contributed by atoms with Crippen molar-refractivity contribution >= 4 is 11.6 Å². The predicted octanol–water partition coefficient (Wildman–Crippen LogP) is 5.35. The third-order valence-electron chi connectivity index (χ3n) is 5.12. The first-order valence-electron chi connectivity index (χ1n) is 8.25. The largest absolute Gasteiger partial charge is 0.307 e. The molecule has 0 amide bonds. The van der Waals surface area contributed by atoms with Crippen LogP contribution in [0.1, 0.15) is 63.5 Å². The van der Waals surface area contributed by atoms with Crippen LogP contribution in [-0.4, -0.2) is 6.04 Å². The van der Waals surface area contributed by atoms with Gasteiger partial charge in [0.15, 0.2) is 0 Å². The lowest BCUT2D eigenvalue weighted by Crippen LogP contribution is -2.38. The van der Waals surface area contributed by atoms with E-state index in [9.17, 15) is 0 Å². The Hall–Kier alpha value is -0.530. The Morgan fingerprint density at radius 2 is 1.60 bits per heavy atom. The molecule has 1 nitrogen and oxygen atoms in total. The maximum absolute atomic E-state index is 6.02. The smallest absolute Gasteiger partial charge is 0.0406 e. The molecule has 2 saturated carbocycles. The van der Waals surface area contributed by atoms with E-state index in [1.165, 1.54) is 50.5 Å². The number of rotatable bonds is 5.